The van der Waals surface area contributed by atoms with Gasteiger partial charge >= 0.3 is 0 Å². The second-order valence-electron chi connectivity index (χ2n) is 8.56. The number of carbonyl (C=O) groups is 1. The van der Waals surface area contributed by atoms with Gasteiger partial charge in [-0.2, -0.15) is 0 Å². The summed E-state index contributed by atoms with van der Waals surface area (Å²) >= 11 is 0. The number of benzene rings is 2. The monoisotopic (exact) mass is 441 g/mol. The Bertz CT molecular complexity index is 1150. The molecule has 0 aliphatic carbocycles. The zero-order valence-corrected chi connectivity index (χ0v) is 18.3. The van der Waals surface area contributed by atoms with Crippen LogP contribution in [0.25, 0.3) is 0 Å². The highest BCUT2D eigenvalue weighted by Crippen LogP contribution is 2.34. The number of hydrogen-bond donors (Lipinski definition) is 3. The first-order valence-corrected chi connectivity index (χ1v) is 11.2. The van der Waals surface area contributed by atoms with Crippen LogP contribution in [-0.2, 0) is 11.3 Å². The topological polar surface area (TPSA) is 104 Å². The molecule has 2 aliphatic rings. The van der Waals surface area contributed by atoms with Crippen LogP contribution in [0, 0.1) is 5.41 Å². The highest BCUT2D eigenvalue weighted by molar-refractivity contribution is 6.15. The van der Waals surface area contributed by atoms with E-state index in [1.165, 1.54) is 0 Å². The Morgan fingerprint density at radius 3 is 2.48 bits per heavy atom. The van der Waals surface area contributed by atoms with E-state index < -0.39 is 0 Å². The van der Waals surface area contributed by atoms with Gasteiger partial charge in [-0.3, -0.25) is 15.2 Å². The van der Waals surface area contributed by atoms with E-state index in [-0.39, 0.29) is 5.91 Å². The summed E-state index contributed by atoms with van der Waals surface area (Å²) in [5.74, 6) is -0.229. The number of morpholine rings is 1. The Labute approximate surface area is 193 Å². The Kier molecular flexibility index (Phi) is 5.79. The predicted molar refractivity (Wildman–Crippen MR) is 129 cm³/mol. The van der Waals surface area contributed by atoms with Gasteiger partial charge in [0.2, 0.25) is 0 Å². The van der Waals surface area contributed by atoms with Gasteiger partial charge in [-0.1, -0.05) is 18.2 Å². The van der Waals surface area contributed by atoms with E-state index in [0.29, 0.717) is 41.2 Å². The number of anilines is 2. The third-order valence-electron chi connectivity index (χ3n) is 6.44. The molecule has 0 saturated carbocycles. The predicted octanol–water partition coefficient (Wildman–Crippen LogP) is 3.38. The number of nitrogens with one attached hydrogen (secondary N) is 2. The first-order chi connectivity index (χ1) is 16.1. The molecule has 168 valence electrons. The minimum Gasteiger partial charge on any atom is -0.398 e. The Hall–Kier alpha value is -3.71. The van der Waals surface area contributed by atoms with E-state index in [1.54, 1.807) is 24.4 Å². The van der Waals surface area contributed by atoms with Gasteiger partial charge in [0.15, 0.2) is 0 Å². The van der Waals surface area contributed by atoms with Gasteiger partial charge in [-0.05, 0) is 55.3 Å². The van der Waals surface area contributed by atoms with Gasteiger partial charge in [-0.25, -0.2) is 0 Å². The number of fused-ring (bicyclic) bond motifs is 2. The minimum absolute atomic E-state index is 0.229. The molecule has 7 heteroatoms. The lowest BCUT2D eigenvalue weighted by atomic mass is 9.98. The van der Waals surface area contributed by atoms with Gasteiger partial charge in [0.05, 0.1) is 43.2 Å². The molecule has 3 heterocycles. The van der Waals surface area contributed by atoms with E-state index in [9.17, 15) is 4.79 Å². The number of hydrogen-bond acceptors (Lipinski definition) is 6. The molecule has 1 aromatic heterocycles. The zero-order chi connectivity index (χ0) is 22.8. The lowest BCUT2D eigenvalue weighted by molar-refractivity contribution is 0.0906. The molecule has 0 spiro atoms. The molecule has 5 rings (SSSR count). The van der Waals surface area contributed by atoms with Crippen LogP contribution in [0.15, 0.2) is 66.9 Å². The van der Waals surface area contributed by atoms with Crippen molar-refractivity contribution in [3.8, 4) is 0 Å². The van der Waals surface area contributed by atoms with Crippen molar-refractivity contribution in [1.29, 1.82) is 5.41 Å². The molecule has 2 aliphatic heterocycles. The van der Waals surface area contributed by atoms with Crippen molar-refractivity contribution in [2.45, 2.75) is 31.5 Å². The molecule has 2 saturated heterocycles. The number of ether oxygens (including phenoxy) is 1. The van der Waals surface area contributed by atoms with Crippen molar-refractivity contribution in [2.75, 3.05) is 23.8 Å². The first-order valence-electron chi connectivity index (χ1n) is 11.2. The van der Waals surface area contributed by atoms with Crippen LogP contribution < -0.4 is 16.0 Å². The van der Waals surface area contributed by atoms with Gasteiger partial charge in [-0.15, -0.1) is 0 Å². The molecule has 2 unspecified atom stereocenters. The lowest BCUT2D eigenvalue weighted by Gasteiger charge is -2.36. The molecule has 2 fully saturated rings. The van der Waals surface area contributed by atoms with Gasteiger partial charge in [0.25, 0.3) is 5.91 Å². The lowest BCUT2D eigenvalue weighted by Crippen LogP contribution is -2.45. The van der Waals surface area contributed by atoms with Crippen LogP contribution >= 0.6 is 0 Å². The summed E-state index contributed by atoms with van der Waals surface area (Å²) in [5.41, 5.74) is 10.7. The number of carbonyl (C=O) groups excluding carboxylic acids is 1. The van der Waals surface area contributed by atoms with E-state index in [0.717, 1.165) is 43.0 Å². The maximum absolute atomic E-state index is 12.7. The van der Waals surface area contributed by atoms with E-state index in [1.807, 2.05) is 30.3 Å². The third kappa shape index (κ3) is 4.32. The van der Waals surface area contributed by atoms with Crippen LogP contribution in [0.4, 0.5) is 11.4 Å². The second kappa shape index (κ2) is 9.03. The third-order valence-corrected chi connectivity index (χ3v) is 6.44. The highest BCUT2D eigenvalue weighted by Gasteiger charge is 2.37. The van der Waals surface area contributed by atoms with E-state index in [4.69, 9.17) is 15.9 Å². The van der Waals surface area contributed by atoms with Crippen molar-refractivity contribution in [2.24, 2.45) is 0 Å². The largest absolute Gasteiger partial charge is 0.398 e. The smallest absolute Gasteiger partial charge is 0.251 e. The summed E-state index contributed by atoms with van der Waals surface area (Å²) in [6, 6.07) is 19.5. The molecule has 7 nitrogen and oxygen atoms in total. The Balaban J connectivity index is 1.31. The van der Waals surface area contributed by atoms with Crippen molar-refractivity contribution >= 4 is 23.0 Å². The second-order valence-corrected chi connectivity index (χ2v) is 8.56. The fraction of sp³-hybridized carbons (Fsp3) is 0.269. The maximum Gasteiger partial charge on any atom is 0.251 e. The Morgan fingerprint density at radius 2 is 1.79 bits per heavy atom. The summed E-state index contributed by atoms with van der Waals surface area (Å²) in [6.45, 7) is 1.89. The summed E-state index contributed by atoms with van der Waals surface area (Å²) < 4.78 is 5.69. The summed E-state index contributed by atoms with van der Waals surface area (Å²) in [7, 11) is 0. The minimum atomic E-state index is -0.229. The molecule has 0 radical (unpaired) electrons. The van der Waals surface area contributed by atoms with Crippen molar-refractivity contribution < 1.29 is 9.53 Å². The number of nitrogens with two attached hydrogens (primary N) is 1. The van der Waals surface area contributed by atoms with E-state index >= 15 is 0 Å². The average Bonchev–Trinajstić information content (AvgIpc) is 3.11. The SMILES string of the molecule is N=C(c1ccc(N2C3CCC2COC3)cc1)c1cc(C(=O)NCc2ccccn2)ccc1N. The normalized spacial score (nSPS) is 19.3. The van der Waals surface area contributed by atoms with Crippen LogP contribution in [-0.4, -0.2) is 41.9 Å². The average molecular weight is 442 g/mol. The standard InChI is InChI=1S/C26H27N5O2/c27-24-11-6-18(26(32)30-14-19-3-1-2-12-29-19)13-23(24)25(28)17-4-7-20(8-5-17)31-21-9-10-22(31)16-33-15-21/h1-8,11-13,21-22,28H,9-10,14-16,27H2,(H,30,32). The molecule has 33 heavy (non-hydrogen) atoms. The number of aromatic nitrogens is 1. The maximum atomic E-state index is 12.7. The summed E-state index contributed by atoms with van der Waals surface area (Å²) in [6.07, 6.45) is 4.02. The van der Waals surface area contributed by atoms with Crippen LogP contribution in [0.2, 0.25) is 0 Å². The van der Waals surface area contributed by atoms with Crippen LogP contribution in [0.3, 0.4) is 0 Å². The number of pyridine rings is 1. The summed E-state index contributed by atoms with van der Waals surface area (Å²) in [5, 5.41) is 11.6. The highest BCUT2D eigenvalue weighted by atomic mass is 16.5. The number of amides is 1. The van der Waals surface area contributed by atoms with Gasteiger partial charge in [0, 0.05) is 34.3 Å². The quantitative estimate of drug-likeness (QED) is 0.402. The molecule has 2 bridgehead atoms. The number of nitrogens with zero attached hydrogens (tertiary/aromatic N) is 2. The van der Waals surface area contributed by atoms with Crippen molar-refractivity contribution in [3.63, 3.8) is 0 Å². The molecule has 2 atom stereocenters. The van der Waals surface area contributed by atoms with Crippen LogP contribution in [0.5, 0.6) is 0 Å². The Morgan fingerprint density at radius 1 is 1.06 bits per heavy atom. The summed E-state index contributed by atoms with van der Waals surface area (Å²) in [4.78, 5) is 19.3. The molecule has 4 N–H and O–H groups in total. The zero-order valence-electron chi connectivity index (χ0n) is 18.3. The fourth-order valence-electron chi connectivity index (χ4n) is 4.70. The molecule has 1 amide bonds. The van der Waals surface area contributed by atoms with Crippen LogP contribution in [0.1, 0.15) is 40.0 Å². The molecular formula is C26H27N5O2. The molecular weight excluding hydrogens is 414 g/mol. The fourth-order valence-corrected chi connectivity index (χ4v) is 4.70. The number of rotatable bonds is 6. The van der Waals surface area contributed by atoms with Crippen molar-refractivity contribution in [3.05, 3.63) is 89.2 Å². The van der Waals surface area contributed by atoms with Gasteiger partial charge in [0.1, 0.15) is 0 Å². The van der Waals surface area contributed by atoms with E-state index in [2.05, 4.69) is 27.3 Å². The number of nitrogen functional groups attached to an aromatic ring is 1. The van der Waals surface area contributed by atoms with Crippen molar-refractivity contribution in [1.82, 2.24) is 10.3 Å². The molecule has 3 aromatic rings. The molecule has 2 aromatic carbocycles. The van der Waals surface area contributed by atoms with Gasteiger partial charge < -0.3 is 20.7 Å². The first kappa shape index (κ1) is 21.2.